The van der Waals surface area contributed by atoms with Gasteiger partial charge in [-0.3, -0.25) is 0 Å². The van der Waals surface area contributed by atoms with Crippen LogP contribution in [0.5, 0.6) is 0 Å². The van der Waals surface area contributed by atoms with E-state index in [2.05, 4.69) is 22.6 Å². The van der Waals surface area contributed by atoms with Crippen LogP contribution in [0.15, 0.2) is 36.4 Å². The van der Waals surface area contributed by atoms with E-state index in [0.29, 0.717) is 17.0 Å². The highest BCUT2D eigenvalue weighted by atomic mass is 127. The molecule has 1 atom stereocenters. The number of hydrogen-bond acceptors (Lipinski definition) is 1. The summed E-state index contributed by atoms with van der Waals surface area (Å²) in [6.45, 7) is 0. The van der Waals surface area contributed by atoms with Crippen LogP contribution in [0.2, 0.25) is 10.0 Å². The van der Waals surface area contributed by atoms with Crippen LogP contribution in [0.25, 0.3) is 0 Å². The summed E-state index contributed by atoms with van der Waals surface area (Å²) in [6, 6.07) is 10.2. The molecule has 2 aromatic rings. The lowest BCUT2D eigenvalue weighted by atomic mass is 9.99. The van der Waals surface area contributed by atoms with E-state index in [9.17, 15) is 4.39 Å². The summed E-state index contributed by atoms with van der Waals surface area (Å²) >= 11 is 14.0. The molecular weight excluding hydrogens is 399 g/mol. The third-order valence-electron chi connectivity index (χ3n) is 2.84. The molecule has 0 aliphatic rings. The summed E-state index contributed by atoms with van der Waals surface area (Å²) in [7, 11) is 0. The number of halogens is 4. The summed E-state index contributed by atoms with van der Waals surface area (Å²) in [5.41, 5.74) is 7.48. The zero-order valence-electron chi connectivity index (χ0n) is 9.84. The molecule has 1 unspecified atom stereocenters. The second kappa shape index (κ2) is 6.39. The van der Waals surface area contributed by atoms with E-state index in [1.165, 1.54) is 6.07 Å². The van der Waals surface area contributed by atoms with Gasteiger partial charge in [-0.15, -0.1) is 0 Å². The van der Waals surface area contributed by atoms with Crippen molar-refractivity contribution in [2.45, 2.75) is 12.5 Å². The third-order valence-corrected chi connectivity index (χ3v) is 4.71. The molecule has 0 radical (unpaired) electrons. The molecule has 0 saturated carbocycles. The van der Waals surface area contributed by atoms with E-state index in [1.54, 1.807) is 12.1 Å². The molecule has 2 N–H and O–H groups in total. The van der Waals surface area contributed by atoms with Crippen molar-refractivity contribution in [2.24, 2.45) is 5.73 Å². The van der Waals surface area contributed by atoms with Gasteiger partial charge in [-0.2, -0.15) is 0 Å². The highest BCUT2D eigenvalue weighted by Crippen LogP contribution is 2.26. The quantitative estimate of drug-likeness (QED) is 0.711. The Balaban J connectivity index is 2.23. The number of nitrogens with two attached hydrogens (primary N) is 1. The average Bonchev–Trinajstić information content (AvgIpc) is 2.38. The normalized spacial score (nSPS) is 12.5. The van der Waals surface area contributed by atoms with E-state index >= 15 is 0 Å². The Morgan fingerprint density at radius 1 is 1.16 bits per heavy atom. The molecule has 0 bridgehead atoms. The van der Waals surface area contributed by atoms with Crippen molar-refractivity contribution < 1.29 is 4.39 Å². The molecule has 0 heterocycles. The highest BCUT2D eigenvalue weighted by molar-refractivity contribution is 14.1. The first-order valence-corrected chi connectivity index (χ1v) is 7.46. The first-order valence-electron chi connectivity index (χ1n) is 5.62. The third kappa shape index (κ3) is 3.60. The van der Waals surface area contributed by atoms with Crippen molar-refractivity contribution in [3.8, 4) is 0 Å². The Kier molecular flexibility index (Phi) is 5.06. The molecule has 100 valence electrons. The maximum Gasteiger partial charge on any atom is 0.145 e. The standard InChI is InChI=1S/C14H11Cl2FIN/c15-10-3-1-2-9(14(10)17)7-13(19)8-4-5-12(18)11(16)6-8/h1-6,13H,7,19H2. The van der Waals surface area contributed by atoms with E-state index in [1.807, 2.05) is 18.2 Å². The molecular formula is C14H11Cl2FIN. The van der Waals surface area contributed by atoms with Gasteiger partial charge in [0.15, 0.2) is 0 Å². The Hall–Kier alpha value is -0.360. The molecule has 1 nitrogen and oxygen atoms in total. The Bertz CT molecular complexity index is 604. The molecule has 19 heavy (non-hydrogen) atoms. The van der Waals surface area contributed by atoms with E-state index < -0.39 is 5.82 Å². The first-order chi connectivity index (χ1) is 8.99. The molecule has 0 aliphatic heterocycles. The predicted molar refractivity (Wildman–Crippen MR) is 86.2 cm³/mol. The van der Waals surface area contributed by atoms with E-state index in [0.717, 1.165) is 9.13 Å². The predicted octanol–water partition coefficient (Wildman–Crippen LogP) is 4.98. The summed E-state index contributed by atoms with van der Waals surface area (Å²) < 4.78 is 14.8. The Morgan fingerprint density at radius 2 is 1.89 bits per heavy atom. The molecule has 2 rings (SSSR count). The van der Waals surface area contributed by atoms with Crippen molar-refractivity contribution in [1.29, 1.82) is 0 Å². The van der Waals surface area contributed by atoms with Crippen LogP contribution in [0.1, 0.15) is 17.2 Å². The molecule has 0 fully saturated rings. The lowest BCUT2D eigenvalue weighted by Gasteiger charge is -2.14. The van der Waals surface area contributed by atoms with Crippen LogP contribution in [-0.4, -0.2) is 0 Å². The second-order valence-corrected chi connectivity index (χ2v) is 6.17. The minimum Gasteiger partial charge on any atom is -0.324 e. The maximum atomic E-state index is 13.8. The van der Waals surface area contributed by atoms with Gasteiger partial charge in [0.05, 0.1) is 10.0 Å². The SMILES string of the molecule is NC(Cc1cccc(Cl)c1F)c1ccc(I)c(Cl)c1. The lowest BCUT2D eigenvalue weighted by molar-refractivity contribution is 0.594. The fraction of sp³-hybridized carbons (Fsp3) is 0.143. The van der Waals surface area contributed by atoms with Crippen molar-refractivity contribution in [2.75, 3.05) is 0 Å². The summed E-state index contributed by atoms with van der Waals surface area (Å²) in [5, 5.41) is 0.769. The number of benzene rings is 2. The smallest absolute Gasteiger partial charge is 0.145 e. The number of hydrogen-bond donors (Lipinski definition) is 1. The lowest BCUT2D eigenvalue weighted by Crippen LogP contribution is -2.14. The molecule has 0 amide bonds. The summed E-state index contributed by atoms with van der Waals surface area (Å²) in [4.78, 5) is 0. The van der Waals surface area contributed by atoms with Crippen LogP contribution >= 0.6 is 45.8 Å². The molecule has 2 aromatic carbocycles. The molecule has 0 saturated heterocycles. The minimum atomic E-state index is -0.406. The Morgan fingerprint density at radius 3 is 2.58 bits per heavy atom. The fourth-order valence-electron chi connectivity index (χ4n) is 1.80. The van der Waals surface area contributed by atoms with Crippen molar-refractivity contribution in [3.05, 3.63) is 67.0 Å². The van der Waals surface area contributed by atoms with Gasteiger partial charge in [0.25, 0.3) is 0 Å². The second-order valence-electron chi connectivity index (χ2n) is 4.20. The van der Waals surface area contributed by atoms with Gasteiger partial charge in [0, 0.05) is 9.61 Å². The topological polar surface area (TPSA) is 26.0 Å². The van der Waals surface area contributed by atoms with Gasteiger partial charge in [0.2, 0.25) is 0 Å². The van der Waals surface area contributed by atoms with Crippen molar-refractivity contribution >= 4 is 45.8 Å². The minimum absolute atomic E-state index is 0.116. The largest absolute Gasteiger partial charge is 0.324 e. The van der Waals surface area contributed by atoms with Crippen LogP contribution in [0, 0.1) is 9.39 Å². The van der Waals surface area contributed by atoms with Gasteiger partial charge < -0.3 is 5.73 Å². The molecule has 0 spiro atoms. The molecule has 5 heteroatoms. The van der Waals surface area contributed by atoms with E-state index in [4.69, 9.17) is 28.9 Å². The maximum absolute atomic E-state index is 13.8. The van der Waals surface area contributed by atoms with Crippen LogP contribution in [0.3, 0.4) is 0 Å². The number of rotatable bonds is 3. The van der Waals surface area contributed by atoms with Crippen LogP contribution in [-0.2, 0) is 6.42 Å². The van der Waals surface area contributed by atoms with Crippen molar-refractivity contribution in [3.63, 3.8) is 0 Å². The fourth-order valence-corrected chi connectivity index (χ4v) is 2.52. The van der Waals surface area contributed by atoms with Crippen LogP contribution in [0.4, 0.5) is 4.39 Å². The Labute approximate surface area is 135 Å². The van der Waals surface area contributed by atoms with Gasteiger partial charge in [-0.1, -0.05) is 41.4 Å². The van der Waals surface area contributed by atoms with Gasteiger partial charge in [0.1, 0.15) is 5.82 Å². The van der Waals surface area contributed by atoms with Crippen LogP contribution < -0.4 is 5.73 Å². The highest BCUT2D eigenvalue weighted by Gasteiger charge is 2.13. The zero-order valence-corrected chi connectivity index (χ0v) is 13.5. The zero-order chi connectivity index (χ0) is 14.0. The summed E-state index contributed by atoms with van der Waals surface area (Å²) in [6.07, 6.45) is 0.378. The van der Waals surface area contributed by atoms with Crippen molar-refractivity contribution in [1.82, 2.24) is 0 Å². The van der Waals surface area contributed by atoms with Gasteiger partial charge in [-0.05, 0) is 58.3 Å². The summed E-state index contributed by atoms with van der Waals surface area (Å²) in [5.74, 6) is -0.406. The van der Waals surface area contributed by atoms with Gasteiger partial charge >= 0.3 is 0 Å². The van der Waals surface area contributed by atoms with E-state index in [-0.39, 0.29) is 11.1 Å². The van der Waals surface area contributed by atoms with Gasteiger partial charge in [-0.25, -0.2) is 4.39 Å². The molecule has 0 aromatic heterocycles. The first kappa shape index (κ1) is 15.0. The molecule has 0 aliphatic carbocycles. The average molecular weight is 410 g/mol. The monoisotopic (exact) mass is 409 g/mol.